The Morgan fingerprint density at radius 3 is 2.07 bits per heavy atom. The van der Waals surface area contributed by atoms with Crippen LogP contribution >= 0.6 is 11.8 Å². The Hall–Kier alpha value is -4.58. The first-order valence-electron chi connectivity index (χ1n) is 13.7. The Morgan fingerprint density at radius 1 is 0.864 bits per heavy atom. The lowest BCUT2D eigenvalue weighted by atomic mass is 9.95. The zero-order chi connectivity index (χ0) is 32.0. The summed E-state index contributed by atoms with van der Waals surface area (Å²) >= 11 is 1.34. The normalized spacial score (nSPS) is 13.4. The summed E-state index contributed by atoms with van der Waals surface area (Å²) in [6.45, 7) is 1.76. The molecule has 11 nitrogen and oxygen atoms in total. The molecule has 1 aliphatic carbocycles. The molecule has 0 aliphatic heterocycles. The predicted octanol–water partition coefficient (Wildman–Crippen LogP) is 5.43. The highest BCUT2D eigenvalue weighted by Gasteiger charge is 2.30. The van der Waals surface area contributed by atoms with E-state index in [-0.39, 0.29) is 34.8 Å². The number of nitrogens with one attached hydrogen (secondary N) is 1. The number of fused-ring (bicyclic) bond motifs is 3. The fraction of sp³-hybridized carbons (Fsp3) is 0.344. The molecule has 0 saturated carbocycles. The molecule has 12 heteroatoms. The maximum Gasteiger partial charge on any atom is 0.514 e. The third kappa shape index (κ3) is 6.35. The van der Waals surface area contributed by atoms with Gasteiger partial charge in [0, 0.05) is 11.1 Å². The molecule has 0 saturated heterocycles. The van der Waals surface area contributed by atoms with Crippen LogP contribution in [-0.4, -0.2) is 60.5 Å². The number of amides is 1. The van der Waals surface area contributed by atoms with Gasteiger partial charge < -0.3 is 38.5 Å². The first kappa shape index (κ1) is 32.3. The first-order chi connectivity index (χ1) is 21.2. The summed E-state index contributed by atoms with van der Waals surface area (Å²) < 4.78 is 38.1. The second-order valence-corrected chi connectivity index (χ2v) is 10.4. The molecule has 1 atom stereocenters. The molecule has 0 unspecified atom stereocenters. The number of benzene rings is 2. The van der Waals surface area contributed by atoms with Gasteiger partial charge in [-0.25, -0.2) is 4.79 Å². The van der Waals surface area contributed by atoms with Gasteiger partial charge in [-0.15, -0.1) is 11.8 Å². The minimum absolute atomic E-state index is 0.0251. The minimum Gasteiger partial charge on any atom is -0.493 e. The van der Waals surface area contributed by atoms with Crippen LogP contribution in [0.5, 0.6) is 34.5 Å². The topological polar surface area (TPSA) is 128 Å². The number of carbonyl (C=O) groups is 2. The molecule has 44 heavy (non-hydrogen) atoms. The van der Waals surface area contributed by atoms with Crippen LogP contribution < -0.4 is 39.2 Å². The SMILES string of the molecule is CCOC(=O)Oc1c(OC)cc(C(=O)N[C@H]2CCc3cc(OC)c(OC)c(OC)c3-c3ccc(SC)c(=O)cc32)cc1OC. The molecule has 0 spiro atoms. The monoisotopic (exact) mass is 625 g/mol. The number of ether oxygens (including phenoxy) is 7. The van der Waals surface area contributed by atoms with Gasteiger partial charge in [0.25, 0.3) is 5.91 Å². The maximum absolute atomic E-state index is 13.8. The maximum atomic E-state index is 13.8. The Kier molecular flexibility index (Phi) is 10.5. The molecule has 0 heterocycles. The van der Waals surface area contributed by atoms with Gasteiger partial charge in [0.15, 0.2) is 28.4 Å². The third-order valence-electron chi connectivity index (χ3n) is 7.20. The van der Waals surface area contributed by atoms with E-state index in [0.29, 0.717) is 46.1 Å². The molecule has 1 aliphatic rings. The van der Waals surface area contributed by atoms with Crippen molar-refractivity contribution in [2.24, 2.45) is 0 Å². The Morgan fingerprint density at radius 2 is 1.50 bits per heavy atom. The second-order valence-electron chi connectivity index (χ2n) is 9.52. The number of hydrogen-bond donors (Lipinski definition) is 1. The quantitative estimate of drug-likeness (QED) is 0.176. The van der Waals surface area contributed by atoms with Crippen LogP contribution in [0.25, 0.3) is 11.1 Å². The molecule has 0 aromatic heterocycles. The summed E-state index contributed by atoms with van der Waals surface area (Å²) in [5.74, 6) is 1.10. The molecule has 234 valence electrons. The van der Waals surface area contributed by atoms with E-state index < -0.39 is 18.1 Å². The summed E-state index contributed by atoms with van der Waals surface area (Å²) in [5, 5.41) is 3.09. The van der Waals surface area contributed by atoms with E-state index in [0.717, 1.165) is 11.1 Å². The van der Waals surface area contributed by atoms with Crippen molar-refractivity contribution in [2.75, 3.05) is 48.4 Å². The Balaban J connectivity index is 1.84. The van der Waals surface area contributed by atoms with E-state index in [9.17, 15) is 14.4 Å². The highest BCUT2D eigenvalue weighted by atomic mass is 32.2. The van der Waals surface area contributed by atoms with E-state index in [1.54, 1.807) is 33.3 Å². The van der Waals surface area contributed by atoms with E-state index in [1.807, 2.05) is 18.4 Å². The third-order valence-corrected chi connectivity index (χ3v) is 7.97. The van der Waals surface area contributed by atoms with E-state index in [4.69, 9.17) is 33.2 Å². The second kappa shape index (κ2) is 14.3. The molecule has 1 amide bonds. The molecular weight excluding hydrogens is 590 g/mol. The van der Waals surface area contributed by atoms with Crippen molar-refractivity contribution in [3.63, 3.8) is 0 Å². The fourth-order valence-electron chi connectivity index (χ4n) is 5.20. The number of hydrogen-bond acceptors (Lipinski definition) is 11. The van der Waals surface area contributed by atoms with E-state index in [1.165, 1.54) is 45.2 Å². The fourth-order valence-corrected chi connectivity index (χ4v) is 5.66. The minimum atomic E-state index is -0.939. The van der Waals surface area contributed by atoms with Gasteiger partial charge in [-0.1, -0.05) is 6.07 Å². The van der Waals surface area contributed by atoms with Crippen LogP contribution in [0, 0.1) is 0 Å². The zero-order valence-corrected chi connectivity index (χ0v) is 26.5. The van der Waals surface area contributed by atoms with Gasteiger partial charge >= 0.3 is 6.16 Å². The number of thioether (sulfide) groups is 1. The predicted molar refractivity (Wildman–Crippen MR) is 165 cm³/mol. The lowest BCUT2D eigenvalue weighted by Gasteiger charge is -2.20. The van der Waals surface area contributed by atoms with E-state index in [2.05, 4.69) is 5.32 Å². The van der Waals surface area contributed by atoms with Crippen molar-refractivity contribution in [3.8, 4) is 45.6 Å². The summed E-state index contributed by atoms with van der Waals surface area (Å²) in [4.78, 5) is 39.6. The summed E-state index contributed by atoms with van der Waals surface area (Å²) in [5.41, 5.74) is 3.01. The van der Waals surface area contributed by atoms with Crippen molar-refractivity contribution >= 4 is 23.8 Å². The Bertz CT molecular complexity index is 1600. The molecular formula is C32H35NO10S. The van der Waals surface area contributed by atoms with Gasteiger partial charge in [0.05, 0.1) is 53.1 Å². The summed E-state index contributed by atoms with van der Waals surface area (Å²) in [7, 11) is 7.39. The molecule has 0 bridgehead atoms. The standard InChI is InChI=1S/C32H35NO10S/c1-8-42-32(36)43-28-23(37-2)14-18(15-24(28)38-3)31(35)33-21-11-9-17-13-25(39-4)29(40-5)30(41-6)27(17)19-10-12-26(44-7)22(34)16-20(19)21/h10,12-16,21H,8-9,11H2,1-7H3,(H,33,35)/t21-/m0/s1. The smallest absolute Gasteiger partial charge is 0.493 e. The van der Waals surface area contributed by atoms with Crippen LogP contribution in [-0.2, 0) is 11.2 Å². The van der Waals surface area contributed by atoms with Gasteiger partial charge in [-0.2, -0.15) is 0 Å². The Labute approximate surface area is 259 Å². The molecule has 3 aromatic carbocycles. The lowest BCUT2D eigenvalue weighted by molar-refractivity contribution is 0.0934. The average molecular weight is 626 g/mol. The number of aryl methyl sites for hydroxylation is 1. The molecule has 0 radical (unpaired) electrons. The summed E-state index contributed by atoms with van der Waals surface area (Å²) in [6.07, 6.45) is 1.88. The first-order valence-corrected chi connectivity index (χ1v) is 14.9. The zero-order valence-electron chi connectivity index (χ0n) is 25.7. The highest BCUT2D eigenvalue weighted by Crippen LogP contribution is 2.50. The van der Waals surface area contributed by atoms with Crippen molar-refractivity contribution in [1.82, 2.24) is 5.32 Å². The average Bonchev–Trinajstić information content (AvgIpc) is 3.27. The molecule has 3 aromatic rings. The van der Waals surface area contributed by atoms with Crippen LogP contribution in [0.2, 0.25) is 0 Å². The van der Waals surface area contributed by atoms with Crippen LogP contribution in [0.15, 0.2) is 46.1 Å². The van der Waals surface area contributed by atoms with Crippen molar-refractivity contribution in [2.45, 2.75) is 30.7 Å². The van der Waals surface area contributed by atoms with Gasteiger partial charge in [0.2, 0.25) is 11.5 Å². The van der Waals surface area contributed by atoms with E-state index >= 15 is 0 Å². The number of methoxy groups -OCH3 is 5. The highest BCUT2D eigenvalue weighted by molar-refractivity contribution is 7.98. The van der Waals surface area contributed by atoms with Crippen LogP contribution in [0.4, 0.5) is 4.79 Å². The van der Waals surface area contributed by atoms with Gasteiger partial charge in [-0.3, -0.25) is 9.59 Å². The summed E-state index contributed by atoms with van der Waals surface area (Å²) in [6, 6.07) is 9.40. The van der Waals surface area contributed by atoms with Gasteiger partial charge in [0.1, 0.15) is 0 Å². The molecule has 1 N–H and O–H groups in total. The van der Waals surface area contributed by atoms with Crippen molar-refractivity contribution in [3.05, 3.63) is 63.3 Å². The lowest BCUT2D eigenvalue weighted by Crippen LogP contribution is -2.29. The van der Waals surface area contributed by atoms with Crippen LogP contribution in [0.3, 0.4) is 0 Å². The van der Waals surface area contributed by atoms with Crippen molar-refractivity contribution in [1.29, 1.82) is 0 Å². The molecule has 4 rings (SSSR count). The largest absolute Gasteiger partial charge is 0.514 e. The van der Waals surface area contributed by atoms with Crippen LogP contribution in [0.1, 0.15) is 40.9 Å². The van der Waals surface area contributed by atoms with Gasteiger partial charge in [-0.05, 0) is 73.0 Å². The molecule has 0 fully saturated rings. The van der Waals surface area contributed by atoms with Crippen molar-refractivity contribution < 1.29 is 42.7 Å². The number of carbonyl (C=O) groups excluding carboxylic acids is 2. The number of rotatable bonds is 10.